The number of benzene rings is 1. The number of rotatable bonds is 7. The maximum absolute atomic E-state index is 12.8. The minimum absolute atomic E-state index is 0.218. The number of aromatic nitrogens is 2. The van der Waals surface area contributed by atoms with Crippen LogP contribution in [0.1, 0.15) is 63.0 Å². The summed E-state index contributed by atoms with van der Waals surface area (Å²) in [5, 5.41) is 2.32. The first kappa shape index (κ1) is 23.3. The normalized spacial score (nSPS) is 19.4. The second kappa shape index (κ2) is 10.8. The lowest BCUT2D eigenvalue weighted by atomic mass is 9.98. The molecule has 1 aromatic heterocycles. The van der Waals surface area contributed by atoms with Crippen LogP contribution in [0.5, 0.6) is 0 Å². The monoisotopic (exact) mass is 453 g/mol. The fraction of sp³-hybridized carbons (Fsp3) is 0.560. The molecule has 2 fully saturated rings. The molecule has 1 aliphatic carbocycles. The first-order chi connectivity index (χ1) is 16.0. The number of ether oxygens (including phenoxy) is 2. The lowest BCUT2D eigenvalue weighted by molar-refractivity contribution is -0.135. The van der Waals surface area contributed by atoms with Gasteiger partial charge in [0.1, 0.15) is 12.6 Å². The summed E-state index contributed by atoms with van der Waals surface area (Å²) in [6.07, 6.45) is 8.06. The van der Waals surface area contributed by atoms with Crippen molar-refractivity contribution in [1.82, 2.24) is 14.5 Å². The Morgan fingerprint density at radius 3 is 2.67 bits per heavy atom. The van der Waals surface area contributed by atoms with E-state index in [1.807, 2.05) is 12.1 Å². The predicted molar refractivity (Wildman–Crippen MR) is 124 cm³/mol. The van der Waals surface area contributed by atoms with Crippen LogP contribution < -0.4 is 11.0 Å². The minimum Gasteiger partial charge on any atom is -0.378 e. The van der Waals surface area contributed by atoms with Crippen LogP contribution in [-0.2, 0) is 26.1 Å². The highest BCUT2D eigenvalue weighted by Gasteiger charge is 2.31. The Hall–Kier alpha value is -2.89. The van der Waals surface area contributed by atoms with Gasteiger partial charge in [0.25, 0.3) is 0 Å². The number of aryl methyl sites for hydroxylation is 1. The van der Waals surface area contributed by atoms with Crippen molar-refractivity contribution < 1.29 is 19.1 Å². The van der Waals surface area contributed by atoms with Crippen LogP contribution in [0, 0.1) is 11.8 Å². The third-order valence-electron chi connectivity index (χ3n) is 6.36. The number of imidazole rings is 1. The first-order valence-corrected chi connectivity index (χ1v) is 11.8. The lowest BCUT2D eigenvalue weighted by Crippen LogP contribution is -2.44. The van der Waals surface area contributed by atoms with Gasteiger partial charge in [-0.25, -0.2) is 4.79 Å². The Morgan fingerprint density at radius 1 is 1.06 bits per heavy atom. The molecular formula is C25H31N3O5. The summed E-state index contributed by atoms with van der Waals surface area (Å²) >= 11 is 0. The van der Waals surface area contributed by atoms with Gasteiger partial charge in [-0.15, -0.1) is 0 Å². The van der Waals surface area contributed by atoms with Crippen molar-refractivity contribution in [1.29, 1.82) is 0 Å². The zero-order valence-corrected chi connectivity index (χ0v) is 19.1. The van der Waals surface area contributed by atoms with E-state index in [9.17, 15) is 14.4 Å². The summed E-state index contributed by atoms with van der Waals surface area (Å²) in [5.74, 6) is 5.35. The average molecular weight is 454 g/mol. The van der Waals surface area contributed by atoms with Crippen molar-refractivity contribution in [3.8, 4) is 11.8 Å². The molecule has 8 nitrogen and oxygen atoms in total. The molecule has 1 atom stereocenters. The van der Waals surface area contributed by atoms with E-state index in [4.69, 9.17) is 9.47 Å². The molecule has 1 aliphatic heterocycles. The number of nitrogens with zero attached hydrogens (tertiary/aromatic N) is 2. The van der Waals surface area contributed by atoms with E-state index >= 15 is 0 Å². The lowest BCUT2D eigenvalue weighted by Gasteiger charge is -2.21. The van der Waals surface area contributed by atoms with Crippen LogP contribution in [0.3, 0.4) is 0 Å². The van der Waals surface area contributed by atoms with Gasteiger partial charge in [-0.2, -0.15) is 0 Å². The van der Waals surface area contributed by atoms with Gasteiger partial charge in [0.15, 0.2) is 0 Å². The number of piperidine rings is 1. The minimum atomic E-state index is -0.689. The zero-order chi connectivity index (χ0) is 23.2. The molecular weight excluding hydrogens is 422 g/mol. The van der Waals surface area contributed by atoms with Crippen LogP contribution in [0.4, 0.5) is 0 Å². The molecule has 4 rings (SSSR count). The van der Waals surface area contributed by atoms with E-state index < -0.39 is 11.9 Å². The number of imide groups is 1. The molecule has 1 saturated carbocycles. The predicted octanol–water partition coefficient (Wildman–Crippen LogP) is 2.43. The van der Waals surface area contributed by atoms with Crippen molar-refractivity contribution in [2.24, 2.45) is 7.05 Å². The summed E-state index contributed by atoms with van der Waals surface area (Å²) in [6, 6.07) is 4.78. The zero-order valence-electron chi connectivity index (χ0n) is 19.1. The van der Waals surface area contributed by atoms with Gasteiger partial charge in [0.05, 0.1) is 23.7 Å². The third-order valence-corrected chi connectivity index (χ3v) is 6.36. The average Bonchev–Trinajstić information content (AvgIpc) is 3.06. The molecule has 176 valence electrons. The number of carbonyl (C=O) groups excluding carboxylic acids is 2. The largest absolute Gasteiger partial charge is 0.378 e. The van der Waals surface area contributed by atoms with Gasteiger partial charge in [0.2, 0.25) is 11.8 Å². The van der Waals surface area contributed by atoms with Crippen LogP contribution >= 0.6 is 0 Å². The van der Waals surface area contributed by atoms with Gasteiger partial charge in [0, 0.05) is 25.6 Å². The van der Waals surface area contributed by atoms with Crippen LogP contribution in [0.25, 0.3) is 11.0 Å². The highest BCUT2D eigenvalue weighted by Crippen LogP contribution is 2.23. The number of fused-ring (bicyclic) bond motifs is 1. The summed E-state index contributed by atoms with van der Waals surface area (Å²) in [4.78, 5) is 36.5. The van der Waals surface area contributed by atoms with E-state index in [-0.39, 0.29) is 18.0 Å². The van der Waals surface area contributed by atoms with E-state index in [0.29, 0.717) is 36.8 Å². The van der Waals surface area contributed by atoms with Gasteiger partial charge < -0.3 is 9.47 Å². The highest BCUT2D eigenvalue weighted by atomic mass is 16.5. The molecule has 2 amide bonds. The molecule has 1 saturated heterocycles. The molecule has 0 spiro atoms. The third kappa shape index (κ3) is 5.55. The van der Waals surface area contributed by atoms with E-state index in [1.54, 1.807) is 13.1 Å². The van der Waals surface area contributed by atoms with E-state index in [0.717, 1.165) is 18.6 Å². The van der Waals surface area contributed by atoms with Crippen molar-refractivity contribution in [3.63, 3.8) is 0 Å². The summed E-state index contributed by atoms with van der Waals surface area (Å²) < 4.78 is 14.5. The smallest absolute Gasteiger partial charge is 0.329 e. The Bertz CT molecular complexity index is 1130. The summed E-state index contributed by atoms with van der Waals surface area (Å²) in [5.41, 5.74) is 1.82. The van der Waals surface area contributed by atoms with Gasteiger partial charge in [-0.1, -0.05) is 31.1 Å². The van der Waals surface area contributed by atoms with Crippen molar-refractivity contribution in [2.45, 2.75) is 63.5 Å². The van der Waals surface area contributed by atoms with Crippen LogP contribution in [-0.4, -0.2) is 46.9 Å². The molecule has 8 heteroatoms. The Labute approximate surface area is 193 Å². The summed E-state index contributed by atoms with van der Waals surface area (Å²) in [6.45, 7) is 1.67. The van der Waals surface area contributed by atoms with Crippen molar-refractivity contribution >= 4 is 22.8 Å². The molecule has 1 aromatic carbocycles. The first-order valence-electron chi connectivity index (χ1n) is 11.8. The molecule has 2 heterocycles. The van der Waals surface area contributed by atoms with E-state index in [1.165, 1.54) is 41.2 Å². The molecule has 2 aliphatic rings. The van der Waals surface area contributed by atoms with Crippen molar-refractivity contribution in [3.05, 3.63) is 34.2 Å². The Kier molecular flexibility index (Phi) is 7.63. The maximum Gasteiger partial charge on any atom is 0.329 e. The Balaban J connectivity index is 1.32. The standard InChI is InChI=1S/C25H31N3O5/c1-27-22-17-18(7-5-14-32-15-6-16-33-19-8-3-2-4-9-19)10-11-20(22)28(25(27)31)21-12-13-23(29)26-24(21)30/h10-11,17,19,21H,2-4,6,8-9,12-16H2,1H3,(H,26,29,30). The van der Waals surface area contributed by atoms with E-state index in [2.05, 4.69) is 17.2 Å². The topological polar surface area (TPSA) is 91.6 Å². The molecule has 0 bridgehead atoms. The number of nitrogens with one attached hydrogen (secondary N) is 1. The molecule has 0 radical (unpaired) electrons. The second-order valence-corrected chi connectivity index (χ2v) is 8.72. The van der Waals surface area contributed by atoms with Crippen LogP contribution in [0.2, 0.25) is 0 Å². The number of carbonyl (C=O) groups is 2. The quantitative estimate of drug-likeness (QED) is 0.395. The SMILES string of the molecule is Cn1c(=O)n(C2CCC(=O)NC2=O)c2ccc(C#CCOCCCOC3CCCCC3)cc21. The van der Waals surface area contributed by atoms with Gasteiger partial charge in [-0.05, 0) is 43.9 Å². The molecule has 2 aromatic rings. The second-order valence-electron chi connectivity index (χ2n) is 8.72. The number of hydrogen-bond acceptors (Lipinski definition) is 5. The number of hydrogen-bond donors (Lipinski definition) is 1. The summed E-state index contributed by atoms with van der Waals surface area (Å²) in [7, 11) is 1.67. The molecule has 33 heavy (non-hydrogen) atoms. The van der Waals surface area contributed by atoms with Gasteiger partial charge in [-0.3, -0.25) is 24.0 Å². The Morgan fingerprint density at radius 2 is 1.88 bits per heavy atom. The fourth-order valence-corrected chi connectivity index (χ4v) is 4.58. The van der Waals surface area contributed by atoms with Gasteiger partial charge >= 0.3 is 5.69 Å². The maximum atomic E-state index is 12.8. The highest BCUT2D eigenvalue weighted by molar-refractivity contribution is 6.00. The molecule has 1 N–H and O–H groups in total. The fourth-order valence-electron chi connectivity index (χ4n) is 4.58. The van der Waals surface area contributed by atoms with Crippen molar-refractivity contribution in [2.75, 3.05) is 19.8 Å². The molecule has 1 unspecified atom stereocenters. The number of amides is 2. The van der Waals surface area contributed by atoms with Crippen LogP contribution in [0.15, 0.2) is 23.0 Å².